The van der Waals surface area contributed by atoms with E-state index in [1.54, 1.807) is 55.4 Å². The summed E-state index contributed by atoms with van der Waals surface area (Å²) in [5, 5.41) is 31.9. The number of hydrogen-bond acceptors (Lipinski definition) is 12. The summed E-state index contributed by atoms with van der Waals surface area (Å²) in [6.07, 6.45) is 0.723. The molecule has 0 aromatic heterocycles. The zero-order valence-corrected chi connectivity index (χ0v) is 43.2. The molecule has 24 heteroatoms. The van der Waals surface area contributed by atoms with Crippen LogP contribution in [0.3, 0.4) is 0 Å². The van der Waals surface area contributed by atoms with Crippen LogP contribution in [0.1, 0.15) is 115 Å². The molecule has 1 aliphatic heterocycles. The number of aliphatic hydroxyl groups is 1. The molecule has 1 fully saturated rings. The average Bonchev–Trinajstić information content (AvgIpc) is 3.79. The van der Waals surface area contributed by atoms with Gasteiger partial charge >= 0.3 is 0 Å². The number of aliphatic hydroxyl groups excluding tert-OH is 1. The number of guanidine groups is 1. The molecule has 0 aromatic carbocycles. The Morgan fingerprint density at radius 2 is 1.14 bits per heavy atom. The van der Waals surface area contributed by atoms with Gasteiger partial charge in [-0.05, 0) is 63.2 Å². The van der Waals surface area contributed by atoms with Gasteiger partial charge in [-0.15, -0.1) is 0 Å². The third-order valence-corrected chi connectivity index (χ3v) is 12.3. The third-order valence-electron chi connectivity index (χ3n) is 12.3. The van der Waals surface area contributed by atoms with E-state index in [4.69, 9.17) is 11.5 Å². The largest absolute Gasteiger partial charge is 0.391 e. The van der Waals surface area contributed by atoms with Crippen molar-refractivity contribution in [2.24, 2.45) is 40.1 Å². The molecule has 0 spiro atoms. The highest BCUT2D eigenvalue weighted by Crippen LogP contribution is 2.21. The lowest BCUT2D eigenvalue weighted by molar-refractivity contribution is -0.142. The predicted molar refractivity (Wildman–Crippen MR) is 262 cm³/mol. The Balaban J connectivity index is 3.31. The molecule has 10 amide bonds. The second-order valence-corrected chi connectivity index (χ2v) is 18.7. The van der Waals surface area contributed by atoms with Crippen molar-refractivity contribution in [2.45, 2.75) is 163 Å². The van der Waals surface area contributed by atoms with Gasteiger partial charge in [-0.25, -0.2) is 0 Å². The summed E-state index contributed by atoms with van der Waals surface area (Å²) in [6, 6.07) is -8.40. The molecule has 1 rings (SSSR count). The summed E-state index contributed by atoms with van der Waals surface area (Å²) >= 11 is 0. The van der Waals surface area contributed by atoms with Crippen molar-refractivity contribution in [2.75, 3.05) is 39.8 Å². The molecule has 70 heavy (non-hydrogen) atoms. The van der Waals surface area contributed by atoms with E-state index in [-0.39, 0.29) is 37.3 Å². The summed E-state index contributed by atoms with van der Waals surface area (Å²) < 4.78 is 0. The first-order valence-electron chi connectivity index (χ1n) is 24.3. The van der Waals surface area contributed by atoms with Gasteiger partial charge in [-0.3, -0.25) is 52.9 Å². The second kappa shape index (κ2) is 30.5. The van der Waals surface area contributed by atoms with Gasteiger partial charge in [-0.1, -0.05) is 68.2 Å². The number of nitrogens with zero attached hydrogens (tertiary/aromatic N) is 3. The number of hydrogen-bond donors (Lipinski definition) is 11. The van der Waals surface area contributed by atoms with Gasteiger partial charge in [0.2, 0.25) is 59.1 Å². The summed E-state index contributed by atoms with van der Waals surface area (Å²) in [6.45, 7) is 18.0. The van der Waals surface area contributed by atoms with E-state index in [1.165, 1.54) is 25.8 Å². The number of nitrogens with two attached hydrogens (primary N) is 2. The highest BCUT2D eigenvalue weighted by Gasteiger charge is 2.40. The lowest BCUT2D eigenvalue weighted by Gasteiger charge is -2.32. The molecule has 13 N–H and O–H groups in total. The molecule has 398 valence electrons. The van der Waals surface area contributed by atoms with E-state index in [1.807, 2.05) is 6.92 Å². The number of carbonyl (C=O) groups is 10. The van der Waals surface area contributed by atoms with Crippen molar-refractivity contribution in [3.63, 3.8) is 0 Å². The summed E-state index contributed by atoms with van der Waals surface area (Å²) in [7, 11) is 1.42. The van der Waals surface area contributed by atoms with Crippen LogP contribution in [0.25, 0.3) is 0 Å². The minimum absolute atomic E-state index is 0.110. The molecule has 1 aliphatic rings. The topological polar surface area (TPSA) is 358 Å². The van der Waals surface area contributed by atoms with Crippen LogP contribution >= 0.6 is 0 Å². The molecule has 24 nitrogen and oxygen atoms in total. The Hall–Kier alpha value is -6.07. The normalized spacial score (nSPS) is 17.2. The Kier molecular flexibility index (Phi) is 27.0. The van der Waals surface area contributed by atoms with E-state index in [0.717, 1.165) is 4.90 Å². The smallest absolute Gasteiger partial charge is 0.245 e. The molecule has 0 saturated carbocycles. The average molecular weight is 994 g/mol. The lowest BCUT2D eigenvalue weighted by atomic mass is 9.95. The van der Waals surface area contributed by atoms with Crippen molar-refractivity contribution in [3.05, 3.63) is 0 Å². The van der Waals surface area contributed by atoms with E-state index < -0.39 is 126 Å². The molecule has 10 atom stereocenters. The van der Waals surface area contributed by atoms with Crippen molar-refractivity contribution >= 4 is 65.0 Å². The highest BCUT2D eigenvalue weighted by atomic mass is 16.3. The first-order valence-corrected chi connectivity index (χ1v) is 24.3. The van der Waals surface area contributed by atoms with Gasteiger partial charge in [0.25, 0.3) is 0 Å². The van der Waals surface area contributed by atoms with Crippen LogP contribution in [-0.4, -0.2) is 168 Å². The molecular weight excluding hydrogens is 911 g/mol. The van der Waals surface area contributed by atoms with Crippen molar-refractivity contribution in [1.29, 1.82) is 0 Å². The molecule has 0 aromatic rings. The van der Waals surface area contributed by atoms with E-state index in [0.29, 0.717) is 45.2 Å². The van der Waals surface area contributed by atoms with E-state index >= 15 is 0 Å². The van der Waals surface area contributed by atoms with Crippen molar-refractivity contribution in [3.8, 4) is 0 Å². The van der Waals surface area contributed by atoms with Crippen LogP contribution in [0.5, 0.6) is 0 Å². The highest BCUT2D eigenvalue weighted by molar-refractivity contribution is 5.98. The summed E-state index contributed by atoms with van der Waals surface area (Å²) in [4.78, 5) is 140. The first-order chi connectivity index (χ1) is 32.7. The second-order valence-electron chi connectivity index (χ2n) is 18.7. The van der Waals surface area contributed by atoms with Crippen LogP contribution < -0.4 is 54.0 Å². The molecule has 0 unspecified atom stereocenters. The van der Waals surface area contributed by atoms with Crippen molar-refractivity contribution in [1.82, 2.24) is 52.3 Å². The van der Waals surface area contributed by atoms with Crippen LogP contribution in [0.15, 0.2) is 4.99 Å². The Morgan fingerprint density at radius 3 is 1.61 bits per heavy atom. The molecule has 1 heterocycles. The fourth-order valence-corrected chi connectivity index (χ4v) is 7.45. The Labute approximate surface area is 412 Å². The van der Waals surface area contributed by atoms with Crippen LogP contribution in [0, 0.1) is 23.7 Å². The number of likely N-dealkylation sites (N-methyl/N-ethyl adjacent to an activating group) is 2. The zero-order valence-electron chi connectivity index (χ0n) is 43.2. The summed E-state index contributed by atoms with van der Waals surface area (Å²) in [5.74, 6) is -8.62. The number of aliphatic imine (C=N–C) groups is 1. The van der Waals surface area contributed by atoms with Gasteiger partial charge in [0.1, 0.15) is 42.3 Å². The summed E-state index contributed by atoms with van der Waals surface area (Å²) in [5.41, 5.74) is 11.0. The third kappa shape index (κ3) is 20.1. The monoisotopic (exact) mass is 994 g/mol. The fraction of sp³-hybridized carbons (Fsp3) is 0.761. The lowest BCUT2D eigenvalue weighted by Crippen LogP contribution is -2.63. The maximum Gasteiger partial charge on any atom is 0.245 e. The number of amides is 10. The Bertz CT molecular complexity index is 1840. The van der Waals surface area contributed by atoms with Gasteiger partial charge in [0, 0.05) is 33.6 Å². The molecular formula is C46H83N13O11. The number of carbonyl (C=O) groups excluding carboxylic acids is 10. The molecule has 0 bridgehead atoms. The van der Waals surface area contributed by atoms with Crippen LogP contribution in [-0.2, 0) is 47.9 Å². The Morgan fingerprint density at radius 1 is 0.671 bits per heavy atom. The van der Waals surface area contributed by atoms with E-state index in [9.17, 15) is 53.1 Å². The van der Waals surface area contributed by atoms with Gasteiger partial charge in [-0.2, -0.15) is 0 Å². The molecule has 0 aliphatic carbocycles. The first kappa shape index (κ1) is 61.9. The SMILES string of the molecule is CCNC(=O)[C@@H]1CCCN1C(=O)[C@H](CCCN=C(N)N)NC(=O)[C@@H](NC(=O)[C@@H](NC(=O)[C@@H](NC(=O)[C@H](NC(=O)[C@@H](NC(=O)CNC(=O)CN(C)C(C)=O)C(C)C)[C@@H](C)CC)[C@@H](C)O)C(C)C)[C@@H](C)CC. The minimum Gasteiger partial charge on any atom is -0.391 e. The predicted octanol–water partition coefficient (Wildman–Crippen LogP) is -2.54. The fourth-order valence-electron chi connectivity index (χ4n) is 7.45. The van der Waals surface area contributed by atoms with Crippen LogP contribution in [0.2, 0.25) is 0 Å². The number of nitrogens with one attached hydrogen (secondary N) is 8. The van der Waals surface area contributed by atoms with Crippen LogP contribution in [0.4, 0.5) is 0 Å². The standard InChI is InChI=1S/C46H83N13O11/c1-13-26(8)36(42(67)52-30(18-16-20-50-46(47)48)45(70)59-21-17-19-31(59)39(64)49-15-3)55-41(66)35(25(6)7)54-44(69)38(28(10)60)57-43(68)37(27(9)14-2)56-40(65)34(24(4)5)53-32(62)22-51-33(63)23-58(12)29(11)61/h24-28,30-31,34-38,60H,13-23H2,1-12H3,(H,49,64)(H,51,63)(H,52,67)(H,53,62)(H,54,69)(H,55,66)(H,56,65)(H,57,68)(H4,47,48,50)/t26-,27-,28+,30-,31-,34-,35-,36-,37+,38-/m0/s1. The quantitative estimate of drug-likeness (QED) is 0.0209. The molecule has 0 radical (unpaired) electrons. The number of likely N-dealkylation sites (tertiary alicyclic amines) is 1. The maximum absolute atomic E-state index is 14.2. The van der Waals surface area contributed by atoms with E-state index in [2.05, 4.69) is 47.5 Å². The van der Waals surface area contributed by atoms with Gasteiger partial charge in [0.15, 0.2) is 5.96 Å². The van der Waals surface area contributed by atoms with Gasteiger partial charge < -0.3 is 68.9 Å². The van der Waals surface area contributed by atoms with Gasteiger partial charge in [0.05, 0.1) is 19.2 Å². The van der Waals surface area contributed by atoms with Crippen molar-refractivity contribution < 1.29 is 53.1 Å². The number of rotatable bonds is 29. The maximum atomic E-state index is 14.2. The molecule has 1 saturated heterocycles. The minimum atomic E-state index is -1.63. The zero-order chi connectivity index (χ0) is 53.6.